The van der Waals surface area contributed by atoms with Crippen molar-refractivity contribution in [2.24, 2.45) is 0 Å². The van der Waals surface area contributed by atoms with Crippen molar-refractivity contribution < 1.29 is 14.6 Å². The van der Waals surface area contributed by atoms with Gasteiger partial charge in [-0.1, -0.05) is 42.5 Å². The maximum absolute atomic E-state index is 11.3. The number of methoxy groups -OCH3 is 1. The van der Waals surface area contributed by atoms with Crippen LogP contribution in [0.15, 0.2) is 48.5 Å². The molecule has 0 aliphatic heterocycles. The molecule has 92 valence electrons. The lowest BCUT2D eigenvalue weighted by Gasteiger charge is -2.10. The van der Waals surface area contributed by atoms with Crippen LogP contribution in [-0.4, -0.2) is 18.2 Å². The molecule has 0 aromatic heterocycles. The van der Waals surface area contributed by atoms with Crippen LogP contribution >= 0.6 is 0 Å². The summed E-state index contributed by atoms with van der Waals surface area (Å²) >= 11 is 0. The largest absolute Gasteiger partial charge is 0.496 e. The number of aromatic carboxylic acids is 1. The molecular weight excluding hydrogens is 228 g/mol. The number of carboxylic acid groups (broad SMARTS) is 1. The summed E-state index contributed by atoms with van der Waals surface area (Å²) in [4.78, 5) is 11.3. The Morgan fingerprint density at radius 3 is 2.44 bits per heavy atom. The van der Waals surface area contributed by atoms with Crippen molar-refractivity contribution >= 4 is 5.97 Å². The van der Waals surface area contributed by atoms with Crippen molar-refractivity contribution in [1.29, 1.82) is 0 Å². The van der Waals surface area contributed by atoms with Crippen LogP contribution in [0.5, 0.6) is 5.75 Å². The second-order valence-corrected chi connectivity index (χ2v) is 3.96. The Morgan fingerprint density at radius 1 is 1.11 bits per heavy atom. The first kappa shape index (κ1) is 12.2. The fourth-order valence-electron chi connectivity index (χ4n) is 1.95. The monoisotopic (exact) mass is 242 g/mol. The second-order valence-electron chi connectivity index (χ2n) is 3.96. The molecule has 2 aromatic rings. The average Bonchev–Trinajstić information content (AvgIpc) is 2.39. The van der Waals surface area contributed by atoms with Gasteiger partial charge in [0.2, 0.25) is 0 Å². The summed E-state index contributed by atoms with van der Waals surface area (Å²) in [6.45, 7) is 0. The molecule has 0 fully saturated rings. The summed E-state index contributed by atoms with van der Waals surface area (Å²) in [6, 6.07) is 15.1. The topological polar surface area (TPSA) is 46.5 Å². The quantitative estimate of drug-likeness (QED) is 0.896. The highest BCUT2D eigenvalue weighted by Crippen LogP contribution is 2.24. The number of rotatable bonds is 4. The van der Waals surface area contributed by atoms with Crippen LogP contribution in [0.1, 0.15) is 21.5 Å². The summed E-state index contributed by atoms with van der Waals surface area (Å²) < 4.78 is 5.10. The number of hydrogen-bond donors (Lipinski definition) is 1. The van der Waals surface area contributed by atoms with E-state index in [1.807, 2.05) is 42.5 Å². The Morgan fingerprint density at radius 2 is 1.83 bits per heavy atom. The predicted molar refractivity (Wildman–Crippen MR) is 69.2 cm³/mol. The molecule has 0 spiro atoms. The number of carbonyl (C=O) groups is 1. The van der Waals surface area contributed by atoms with Crippen molar-refractivity contribution in [1.82, 2.24) is 0 Å². The number of hydrogen-bond acceptors (Lipinski definition) is 2. The van der Waals surface area contributed by atoms with Gasteiger partial charge in [-0.2, -0.15) is 0 Å². The highest BCUT2D eigenvalue weighted by atomic mass is 16.5. The molecule has 0 aliphatic carbocycles. The molecule has 0 amide bonds. The maximum atomic E-state index is 11.3. The summed E-state index contributed by atoms with van der Waals surface area (Å²) in [7, 11) is 1.48. The van der Waals surface area contributed by atoms with E-state index in [1.54, 1.807) is 6.07 Å². The molecule has 0 heterocycles. The lowest BCUT2D eigenvalue weighted by Crippen LogP contribution is -2.06. The number of benzene rings is 2. The SMILES string of the molecule is COc1cccc(Cc2ccccc2)c1C(=O)O. The number of ether oxygens (including phenoxy) is 1. The molecule has 0 bridgehead atoms. The van der Waals surface area contributed by atoms with E-state index in [0.717, 1.165) is 11.1 Å². The molecule has 0 saturated heterocycles. The third-order valence-electron chi connectivity index (χ3n) is 2.78. The fourth-order valence-corrected chi connectivity index (χ4v) is 1.95. The minimum Gasteiger partial charge on any atom is -0.496 e. The van der Waals surface area contributed by atoms with Crippen LogP contribution in [-0.2, 0) is 6.42 Å². The van der Waals surface area contributed by atoms with E-state index in [1.165, 1.54) is 7.11 Å². The molecular formula is C15H14O3. The van der Waals surface area contributed by atoms with Crippen molar-refractivity contribution in [2.75, 3.05) is 7.11 Å². The van der Waals surface area contributed by atoms with E-state index in [2.05, 4.69) is 0 Å². The lowest BCUT2D eigenvalue weighted by atomic mass is 9.99. The Balaban J connectivity index is 2.42. The molecule has 0 atom stereocenters. The normalized spacial score (nSPS) is 10.1. The number of carboxylic acids is 1. The summed E-state index contributed by atoms with van der Waals surface area (Å²) in [5, 5.41) is 9.28. The standard InChI is InChI=1S/C15H14O3/c1-18-13-9-5-8-12(14(13)15(16)17)10-11-6-3-2-4-7-11/h2-9H,10H2,1H3,(H,16,17). The zero-order valence-corrected chi connectivity index (χ0v) is 10.1. The van der Waals surface area contributed by atoms with Gasteiger partial charge in [0.05, 0.1) is 7.11 Å². The van der Waals surface area contributed by atoms with Gasteiger partial charge in [0.25, 0.3) is 0 Å². The molecule has 0 saturated carbocycles. The Kier molecular flexibility index (Phi) is 3.63. The third kappa shape index (κ3) is 2.51. The van der Waals surface area contributed by atoms with Gasteiger partial charge < -0.3 is 9.84 Å². The Hall–Kier alpha value is -2.29. The molecule has 0 unspecified atom stereocenters. The summed E-state index contributed by atoms with van der Waals surface area (Å²) in [6.07, 6.45) is 0.583. The van der Waals surface area contributed by atoms with Gasteiger partial charge in [-0.3, -0.25) is 0 Å². The van der Waals surface area contributed by atoms with Crippen LogP contribution in [0.4, 0.5) is 0 Å². The van der Waals surface area contributed by atoms with Crippen molar-refractivity contribution in [2.45, 2.75) is 6.42 Å². The van der Waals surface area contributed by atoms with Gasteiger partial charge in [-0.25, -0.2) is 4.79 Å². The lowest BCUT2D eigenvalue weighted by molar-refractivity contribution is 0.0692. The van der Waals surface area contributed by atoms with Crippen LogP contribution in [0.25, 0.3) is 0 Å². The fraction of sp³-hybridized carbons (Fsp3) is 0.133. The van der Waals surface area contributed by atoms with Crippen molar-refractivity contribution in [3.8, 4) is 5.75 Å². The van der Waals surface area contributed by atoms with Crippen LogP contribution in [0.2, 0.25) is 0 Å². The van der Waals surface area contributed by atoms with Crippen LogP contribution in [0.3, 0.4) is 0 Å². The van der Waals surface area contributed by atoms with Gasteiger partial charge in [-0.05, 0) is 23.6 Å². The first-order chi connectivity index (χ1) is 8.72. The molecule has 1 N–H and O–H groups in total. The van der Waals surface area contributed by atoms with Crippen LogP contribution < -0.4 is 4.74 Å². The average molecular weight is 242 g/mol. The molecule has 3 nitrogen and oxygen atoms in total. The van der Waals surface area contributed by atoms with Crippen molar-refractivity contribution in [3.05, 3.63) is 65.2 Å². The zero-order chi connectivity index (χ0) is 13.0. The van der Waals surface area contributed by atoms with Gasteiger partial charge >= 0.3 is 5.97 Å². The minimum atomic E-state index is -0.960. The molecule has 0 radical (unpaired) electrons. The highest BCUT2D eigenvalue weighted by molar-refractivity contribution is 5.92. The van der Waals surface area contributed by atoms with Gasteiger partial charge in [0.15, 0.2) is 0 Å². The van der Waals surface area contributed by atoms with Crippen LogP contribution in [0, 0.1) is 0 Å². The first-order valence-corrected chi connectivity index (χ1v) is 5.65. The Bertz CT molecular complexity index is 547. The zero-order valence-electron chi connectivity index (χ0n) is 10.1. The van der Waals surface area contributed by atoms with Gasteiger partial charge in [0.1, 0.15) is 11.3 Å². The van der Waals surface area contributed by atoms with E-state index in [0.29, 0.717) is 12.2 Å². The summed E-state index contributed by atoms with van der Waals surface area (Å²) in [5.74, 6) is -0.561. The smallest absolute Gasteiger partial charge is 0.339 e. The van der Waals surface area contributed by atoms with E-state index < -0.39 is 5.97 Å². The highest BCUT2D eigenvalue weighted by Gasteiger charge is 2.15. The van der Waals surface area contributed by atoms with E-state index >= 15 is 0 Å². The molecule has 18 heavy (non-hydrogen) atoms. The van der Waals surface area contributed by atoms with Crippen molar-refractivity contribution in [3.63, 3.8) is 0 Å². The molecule has 0 aliphatic rings. The third-order valence-corrected chi connectivity index (χ3v) is 2.78. The Labute approximate surface area is 106 Å². The summed E-state index contributed by atoms with van der Waals surface area (Å²) in [5.41, 5.74) is 2.07. The molecule has 2 aromatic carbocycles. The predicted octanol–water partition coefficient (Wildman–Crippen LogP) is 2.98. The molecule has 2 rings (SSSR count). The van der Waals surface area contributed by atoms with E-state index in [4.69, 9.17) is 4.74 Å². The maximum Gasteiger partial charge on any atom is 0.339 e. The van der Waals surface area contributed by atoms with E-state index in [9.17, 15) is 9.90 Å². The first-order valence-electron chi connectivity index (χ1n) is 5.65. The van der Waals surface area contributed by atoms with E-state index in [-0.39, 0.29) is 5.56 Å². The van der Waals surface area contributed by atoms with Gasteiger partial charge in [-0.15, -0.1) is 0 Å². The second kappa shape index (κ2) is 5.36. The minimum absolute atomic E-state index is 0.240. The molecule has 3 heteroatoms. The van der Waals surface area contributed by atoms with Gasteiger partial charge in [0, 0.05) is 0 Å².